The molecule has 0 saturated heterocycles. The molecule has 10 heteroatoms. The van der Waals surface area contributed by atoms with Crippen molar-refractivity contribution in [3.8, 4) is 0 Å². The minimum Gasteiger partial charge on any atom is -0.398 e. The molecule has 0 aliphatic carbocycles. The number of anilines is 2. The Hall–Kier alpha value is -3.37. The third-order valence-corrected chi connectivity index (χ3v) is 4.43. The van der Waals surface area contributed by atoms with Crippen LogP contribution in [0.5, 0.6) is 0 Å². The van der Waals surface area contributed by atoms with Crippen molar-refractivity contribution in [2.24, 2.45) is 0 Å². The first kappa shape index (κ1) is 18.4. The first-order chi connectivity index (χ1) is 12.6. The minimum atomic E-state index is -5.02. The number of nitrogens with two attached hydrogens (primary N) is 2. The number of nitrogen functional groups attached to an aromatic ring is 2. The number of ketones is 1. The van der Waals surface area contributed by atoms with Gasteiger partial charge in [0.1, 0.15) is 0 Å². The SMILES string of the molecule is Cc1c(N)c2ccccn2c1C(=O)c1ccc(N)c(C(=O)OS(=O)(=O)O)c1. The number of hydrogen-bond donors (Lipinski definition) is 3. The fourth-order valence-electron chi connectivity index (χ4n) is 2.79. The van der Waals surface area contributed by atoms with Crippen LogP contribution in [0.2, 0.25) is 0 Å². The molecule has 5 N–H and O–H groups in total. The van der Waals surface area contributed by atoms with E-state index in [0.717, 1.165) is 6.07 Å². The normalized spacial score (nSPS) is 11.5. The van der Waals surface area contributed by atoms with Crippen molar-refractivity contribution < 1.29 is 26.7 Å². The number of carbonyl (C=O) groups excluding carboxylic acids is 2. The Labute approximate surface area is 154 Å². The highest BCUT2D eigenvalue weighted by Crippen LogP contribution is 2.28. The molecule has 0 fully saturated rings. The topological polar surface area (TPSA) is 154 Å². The quantitative estimate of drug-likeness (QED) is 0.345. The lowest BCUT2D eigenvalue weighted by Gasteiger charge is -2.08. The molecule has 0 aliphatic heterocycles. The minimum absolute atomic E-state index is 0.0674. The highest BCUT2D eigenvalue weighted by Gasteiger charge is 2.23. The maximum Gasteiger partial charge on any atom is 0.449 e. The van der Waals surface area contributed by atoms with E-state index in [4.69, 9.17) is 16.0 Å². The summed E-state index contributed by atoms with van der Waals surface area (Å²) in [7, 11) is -5.02. The van der Waals surface area contributed by atoms with Gasteiger partial charge in [-0.3, -0.25) is 9.35 Å². The van der Waals surface area contributed by atoms with Crippen LogP contribution in [0.4, 0.5) is 11.4 Å². The summed E-state index contributed by atoms with van der Waals surface area (Å²) in [5.41, 5.74) is 13.3. The van der Waals surface area contributed by atoms with Crippen molar-refractivity contribution in [3.63, 3.8) is 0 Å². The molecule has 2 heterocycles. The molecule has 3 aromatic rings. The number of carbonyl (C=O) groups is 2. The van der Waals surface area contributed by atoms with Gasteiger partial charge in [-0.15, -0.1) is 0 Å². The van der Waals surface area contributed by atoms with Crippen molar-refractivity contribution in [1.29, 1.82) is 0 Å². The van der Waals surface area contributed by atoms with Crippen molar-refractivity contribution in [2.75, 3.05) is 11.5 Å². The number of pyridine rings is 1. The summed E-state index contributed by atoms with van der Waals surface area (Å²) in [5, 5.41) is 0. The molecule has 3 rings (SSSR count). The Balaban J connectivity index is 2.11. The average molecular weight is 389 g/mol. The van der Waals surface area contributed by atoms with E-state index in [9.17, 15) is 18.0 Å². The molecule has 9 nitrogen and oxygen atoms in total. The largest absolute Gasteiger partial charge is 0.449 e. The van der Waals surface area contributed by atoms with Crippen molar-refractivity contribution in [3.05, 3.63) is 65.0 Å². The molecule has 0 radical (unpaired) electrons. The summed E-state index contributed by atoms with van der Waals surface area (Å²) in [4.78, 5) is 24.9. The Kier molecular flexibility index (Phi) is 4.38. The van der Waals surface area contributed by atoms with Gasteiger partial charge in [0, 0.05) is 23.0 Å². The average Bonchev–Trinajstić information content (AvgIpc) is 2.84. The van der Waals surface area contributed by atoms with Gasteiger partial charge in [0.2, 0.25) is 5.78 Å². The second-order valence-electron chi connectivity index (χ2n) is 5.77. The fourth-order valence-corrected chi connectivity index (χ4v) is 3.07. The number of benzene rings is 1. The summed E-state index contributed by atoms with van der Waals surface area (Å²) in [5.74, 6) is -1.85. The van der Waals surface area contributed by atoms with Gasteiger partial charge in [-0.25, -0.2) is 4.79 Å². The van der Waals surface area contributed by atoms with Gasteiger partial charge in [-0.1, -0.05) is 6.07 Å². The van der Waals surface area contributed by atoms with E-state index in [1.807, 2.05) is 0 Å². The van der Waals surface area contributed by atoms with E-state index >= 15 is 0 Å². The lowest BCUT2D eigenvalue weighted by molar-refractivity contribution is 0.0728. The Morgan fingerprint density at radius 2 is 1.85 bits per heavy atom. The number of fused-ring (bicyclic) bond motifs is 1. The van der Waals surface area contributed by atoms with E-state index in [2.05, 4.69) is 4.18 Å². The second kappa shape index (κ2) is 6.41. The monoisotopic (exact) mass is 389 g/mol. The molecule has 2 aromatic heterocycles. The van der Waals surface area contributed by atoms with Gasteiger partial charge >= 0.3 is 16.4 Å². The van der Waals surface area contributed by atoms with Gasteiger partial charge in [0.05, 0.1) is 22.5 Å². The van der Waals surface area contributed by atoms with Crippen LogP contribution in [-0.2, 0) is 14.6 Å². The van der Waals surface area contributed by atoms with Gasteiger partial charge in [0.25, 0.3) is 0 Å². The number of nitrogens with zero attached hydrogens (tertiary/aromatic N) is 1. The summed E-state index contributed by atoms with van der Waals surface area (Å²) >= 11 is 0. The number of hydrogen-bond acceptors (Lipinski definition) is 7. The van der Waals surface area contributed by atoms with Crippen LogP contribution in [0, 0.1) is 6.92 Å². The van der Waals surface area contributed by atoms with E-state index in [1.54, 1.807) is 35.7 Å². The van der Waals surface area contributed by atoms with Gasteiger partial charge in [-0.2, -0.15) is 8.42 Å². The molecule has 0 spiro atoms. The van der Waals surface area contributed by atoms with E-state index in [-0.39, 0.29) is 16.8 Å². The summed E-state index contributed by atoms with van der Waals surface area (Å²) in [6.07, 6.45) is 1.68. The molecular formula is C17H15N3O6S. The highest BCUT2D eigenvalue weighted by atomic mass is 32.3. The Morgan fingerprint density at radius 1 is 1.15 bits per heavy atom. The molecule has 140 valence electrons. The van der Waals surface area contributed by atoms with Crippen LogP contribution in [-0.4, -0.2) is 29.1 Å². The van der Waals surface area contributed by atoms with Crippen molar-refractivity contribution in [2.45, 2.75) is 6.92 Å². The van der Waals surface area contributed by atoms with Crippen LogP contribution >= 0.6 is 0 Å². The first-order valence-corrected chi connectivity index (χ1v) is 8.97. The van der Waals surface area contributed by atoms with Crippen LogP contribution in [0.1, 0.15) is 32.0 Å². The predicted octanol–water partition coefficient (Wildman–Crippen LogP) is 1.60. The first-order valence-electron chi connectivity index (χ1n) is 7.60. The zero-order chi connectivity index (χ0) is 19.9. The predicted molar refractivity (Wildman–Crippen MR) is 97.8 cm³/mol. The standard InChI is InChI=1S/C17H15N3O6S/c1-9-14(19)13-4-2-3-7-20(13)15(9)16(21)10-5-6-12(18)11(8-10)17(22)26-27(23,24)25/h2-8H,18-19H2,1H3,(H,23,24,25). The summed E-state index contributed by atoms with van der Waals surface area (Å²) < 4.78 is 35.7. The Morgan fingerprint density at radius 3 is 2.52 bits per heavy atom. The van der Waals surface area contributed by atoms with Crippen molar-refractivity contribution in [1.82, 2.24) is 4.40 Å². The van der Waals surface area contributed by atoms with Crippen LogP contribution in [0.3, 0.4) is 0 Å². The van der Waals surface area contributed by atoms with Crippen LogP contribution in [0.25, 0.3) is 5.52 Å². The molecule has 0 bridgehead atoms. The lowest BCUT2D eigenvalue weighted by Crippen LogP contribution is -2.15. The lowest BCUT2D eigenvalue weighted by atomic mass is 10.0. The Bertz CT molecular complexity index is 1200. The molecule has 0 saturated carbocycles. The smallest absolute Gasteiger partial charge is 0.398 e. The number of aromatic nitrogens is 1. The summed E-state index contributed by atoms with van der Waals surface area (Å²) in [6, 6.07) is 9.04. The van der Waals surface area contributed by atoms with Gasteiger partial charge in [-0.05, 0) is 37.3 Å². The van der Waals surface area contributed by atoms with E-state index < -0.39 is 22.2 Å². The van der Waals surface area contributed by atoms with Crippen molar-refractivity contribution >= 4 is 39.0 Å². The maximum atomic E-state index is 13.0. The molecule has 1 aromatic carbocycles. The van der Waals surface area contributed by atoms with Crippen LogP contribution in [0.15, 0.2) is 42.6 Å². The zero-order valence-corrected chi connectivity index (χ0v) is 14.9. The third-order valence-electron chi connectivity index (χ3n) is 4.07. The molecule has 27 heavy (non-hydrogen) atoms. The molecule has 0 unspecified atom stereocenters. The van der Waals surface area contributed by atoms with E-state index in [0.29, 0.717) is 22.5 Å². The van der Waals surface area contributed by atoms with Crippen LogP contribution < -0.4 is 11.5 Å². The third kappa shape index (κ3) is 3.35. The molecule has 0 amide bonds. The molecule has 0 aliphatic rings. The second-order valence-corrected chi connectivity index (χ2v) is 6.79. The van der Waals surface area contributed by atoms with Gasteiger partial charge in [0.15, 0.2) is 0 Å². The highest BCUT2D eigenvalue weighted by molar-refractivity contribution is 7.81. The van der Waals surface area contributed by atoms with Gasteiger partial charge < -0.3 is 20.1 Å². The van der Waals surface area contributed by atoms with E-state index in [1.165, 1.54) is 12.1 Å². The summed E-state index contributed by atoms with van der Waals surface area (Å²) in [6.45, 7) is 1.69. The zero-order valence-electron chi connectivity index (χ0n) is 14.0. The fraction of sp³-hybridized carbons (Fsp3) is 0.0588. The molecule has 0 atom stereocenters. The number of rotatable bonds is 4. The molecular weight excluding hydrogens is 374 g/mol. The maximum absolute atomic E-state index is 13.0.